The maximum atomic E-state index is 14.8. The average molecular weight is 447 g/mol. The highest BCUT2D eigenvalue weighted by Gasteiger charge is 2.14. The second-order valence-electron chi connectivity index (χ2n) is 8.73. The minimum Gasteiger partial charge on any atom is -0.493 e. The van der Waals surface area contributed by atoms with Gasteiger partial charge in [0.05, 0.1) is 25.4 Å². The highest BCUT2D eigenvalue weighted by atomic mass is 19.1. The van der Waals surface area contributed by atoms with E-state index in [9.17, 15) is 4.39 Å². The lowest BCUT2D eigenvalue weighted by Crippen LogP contribution is -2.10. The quantitative estimate of drug-likeness (QED) is 0.339. The fourth-order valence-corrected chi connectivity index (χ4v) is 3.53. The molecule has 0 bridgehead atoms. The molecule has 1 heterocycles. The molecule has 0 fully saturated rings. The van der Waals surface area contributed by atoms with Crippen LogP contribution in [0.5, 0.6) is 23.0 Å². The molecular formula is C27H27FN2O3. The third-order valence-corrected chi connectivity index (χ3v) is 5.41. The lowest BCUT2D eigenvalue weighted by atomic mass is 9.87. The number of nitrogens with zero attached hydrogens (tertiary/aromatic N) is 1. The molecule has 5 nitrogen and oxygen atoms in total. The van der Waals surface area contributed by atoms with Crippen LogP contribution in [-0.4, -0.2) is 19.2 Å². The molecule has 170 valence electrons. The Balaban J connectivity index is 1.57. The molecule has 33 heavy (non-hydrogen) atoms. The number of aromatic nitrogens is 1. The molecule has 4 rings (SSSR count). The van der Waals surface area contributed by atoms with Crippen molar-refractivity contribution in [2.24, 2.45) is 0 Å². The van der Waals surface area contributed by atoms with Gasteiger partial charge in [-0.1, -0.05) is 32.9 Å². The van der Waals surface area contributed by atoms with Crippen LogP contribution in [-0.2, 0) is 5.41 Å². The molecule has 0 saturated heterocycles. The van der Waals surface area contributed by atoms with Crippen molar-refractivity contribution in [2.45, 2.75) is 26.2 Å². The van der Waals surface area contributed by atoms with Crippen LogP contribution in [0.3, 0.4) is 0 Å². The maximum Gasteiger partial charge on any atom is 0.162 e. The molecule has 0 atom stereocenters. The average Bonchev–Trinajstić information content (AvgIpc) is 2.80. The van der Waals surface area contributed by atoms with Crippen molar-refractivity contribution < 1.29 is 18.6 Å². The molecule has 1 N–H and O–H groups in total. The van der Waals surface area contributed by atoms with Crippen molar-refractivity contribution in [2.75, 3.05) is 19.5 Å². The number of pyridine rings is 1. The third-order valence-electron chi connectivity index (χ3n) is 5.41. The Kier molecular flexibility index (Phi) is 6.09. The molecular weight excluding hydrogens is 419 g/mol. The maximum absolute atomic E-state index is 14.8. The Morgan fingerprint density at radius 2 is 1.52 bits per heavy atom. The summed E-state index contributed by atoms with van der Waals surface area (Å²) in [5, 5.41) is 3.86. The van der Waals surface area contributed by atoms with Crippen LogP contribution in [0.2, 0.25) is 0 Å². The Hall–Kier alpha value is -3.80. The Bertz CT molecular complexity index is 1280. The van der Waals surface area contributed by atoms with Crippen molar-refractivity contribution in [3.63, 3.8) is 0 Å². The van der Waals surface area contributed by atoms with E-state index in [1.165, 1.54) is 11.6 Å². The van der Waals surface area contributed by atoms with E-state index in [-0.39, 0.29) is 5.41 Å². The number of ether oxygens (including phenoxy) is 3. The summed E-state index contributed by atoms with van der Waals surface area (Å²) in [5.74, 6) is 1.64. The number of methoxy groups -OCH3 is 2. The molecule has 6 heteroatoms. The topological polar surface area (TPSA) is 52.6 Å². The van der Waals surface area contributed by atoms with Gasteiger partial charge >= 0.3 is 0 Å². The SMILES string of the molecule is COc1cc2nccc(Oc3ccc(Nc4ccc(C(C)(C)C)cc4)c(F)c3)c2cc1OC. The van der Waals surface area contributed by atoms with E-state index in [0.29, 0.717) is 34.2 Å². The largest absolute Gasteiger partial charge is 0.493 e. The zero-order chi connectivity index (χ0) is 23.6. The summed E-state index contributed by atoms with van der Waals surface area (Å²) in [6, 6.07) is 18.1. The molecule has 0 saturated carbocycles. The van der Waals surface area contributed by atoms with Crippen molar-refractivity contribution in [3.8, 4) is 23.0 Å². The fourth-order valence-electron chi connectivity index (χ4n) is 3.53. The summed E-state index contributed by atoms with van der Waals surface area (Å²) < 4.78 is 31.6. The molecule has 1 aromatic heterocycles. The van der Waals surface area contributed by atoms with Gasteiger partial charge in [0, 0.05) is 29.4 Å². The Morgan fingerprint density at radius 3 is 2.15 bits per heavy atom. The third kappa shape index (κ3) is 4.85. The normalized spacial score (nSPS) is 11.3. The zero-order valence-corrected chi connectivity index (χ0v) is 19.4. The first-order valence-corrected chi connectivity index (χ1v) is 10.6. The van der Waals surface area contributed by atoms with Crippen LogP contribution in [0.25, 0.3) is 10.9 Å². The standard InChI is InChI=1S/C27H27FN2O3/c1-27(2,3)17-6-8-18(9-7-17)30-22-11-10-19(14-21(22)28)33-24-12-13-29-23-16-26(32-5)25(31-4)15-20(23)24/h6-16,30H,1-5H3. The lowest BCUT2D eigenvalue weighted by Gasteiger charge is -2.19. The van der Waals surface area contributed by atoms with E-state index in [1.54, 1.807) is 50.7 Å². The fraction of sp³-hybridized carbons (Fsp3) is 0.222. The van der Waals surface area contributed by atoms with E-state index >= 15 is 0 Å². The summed E-state index contributed by atoms with van der Waals surface area (Å²) in [6.45, 7) is 6.48. The summed E-state index contributed by atoms with van der Waals surface area (Å²) in [4.78, 5) is 4.37. The summed E-state index contributed by atoms with van der Waals surface area (Å²) >= 11 is 0. The first-order chi connectivity index (χ1) is 15.8. The van der Waals surface area contributed by atoms with Gasteiger partial charge < -0.3 is 19.5 Å². The minimum absolute atomic E-state index is 0.0645. The number of anilines is 2. The number of halogens is 1. The van der Waals surface area contributed by atoms with Gasteiger partial charge in [-0.3, -0.25) is 4.98 Å². The Morgan fingerprint density at radius 1 is 0.818 bits per heavy atom. The summed E-state index contributed by atoms with van der Waals surface area (Å²) in [7, 11) is 3.14. The van der Waals surface area contributed by atoms with Crippen LogP contribution in [0.4, 0.5) is 15.8 Å². The van der Waals surface area contributed by atoms with Gasteiger partial charge in [-0.15, -0.1) is 0 Å². The lowest BCUT2D eigenvalue weighted by molar-refractivity contribution is 0.355. The van der Waals surface area contributed by atoms with Crippen LogP contribution in [0.1, 0.15) is 26.3 Å². The molecule has 3 aromatic carbocycles. The van der Waals surface area contributed by atoms with Gasteiger partial charge in [0.15, 0.2) is 11.5 Å². The van der Waals surface area contributed by atoms with E-state index < -0.39 is 5.82 Å². The number of hydrogen-bond donors (Lipinski definition) is 1. The molecule has 0 aliphatic carbocycles. The van der Waals surface area contributed by atoms with Crippen molar-refractivity contribution in [3.05, 3.63) is 78.2 Å². The zero-order valence-electron chi connectivity index (χ0n) is 19.4. The van der Waals surface area contributed by atoms with E-state index in [1.807, 2.05) is 12.1 Å². The monoisotopic (exact) mass is 446 g/mol. The molecule has 4 aromatic rings. The minimum atomic E-state index is -0.412. The summed E-state index contributed by atoms with van der Waals surface area (Å²) in [6.07, 6.45) is 1.64. The number of hydrogen-bond acceptors (Lipinski definition) is 5. The molecule has 0 aliphatic heterocycles. The highest BCUT2D eigenvalue weighted by Crippen LogP contribution is 2.37. The van der Waals surface area contributed by atoms with Gasteiger partial charge in [0.25, 0.3) is 0 Å². The second-order valence-corrected chi connectivity index (χ2v) is 8.73. The van der Waals surface area contributed by atoms with Gasteiger partial charge in [-0.05, 0) is 47.4 Å². The summed E-state index contributed by atoms with van der Waals surface area (Å²) in [5.41, 5.74) is 3.15. The first kappa shape index (κ1) is 22.4. The van der Waals surface area contributed by atoms with E-state index in [2.05, 4.69) is 43.2 Å². The van der Waals surface area contributed by atoms with Crippen molar-refractivity contribution in [1.29, 1.82) is 0 Å². The van der Waals surface area contributed by atoms with Crippen molar-refractivity contribution >= 4 is 22.3 Å². The number of benzene rings is 3. The van der Waals surface area contributed by atoms with Gasteiger partial charge in [0.1, 0.15) is 17.3 Å². The highest BCUT2D eigenvalue weighted by molar-refractivity contribution is 5.88. The van der Waals surface area contributed by atoms with Crippen LogP contribution >= 0.6 is 0 Å². The predicted molar refractivity (Wildman–Crippen MR) is 130 cm³/mol. The smallest absolute Gasteiger partial charge is 0.162 e. The van der Waals surface area contributed by atoms with Gasteiger partial charge in [-0.25, -0.2) is 4.39 Å². The molecule has 0 unspecified atom stereocenters. The molecule has 0 spiro atoms. The molecule has 0 aliphatic rings. The molecule has 0 amide bonds. The Labute approximate surface area is 193 Å². The predicted octanol–water partition coefficient (Wildman–Crippen LogP) is 7.22. The van der Waals surface area contributed by atoms with Crippen LogP contribution in [0.15, 0.2) is 66.9 Å². The van der Waals surface area contributed by atoms with Crippen LogP contribution in [0, 0.1) is 5.82 Å². The van der Waals surface area contributed by atoms with Gasteiger partial charge in [-0.2, -0.15) is 0 Å². The number of fused-ring (bicyclic) bond motifs is 1. The van der Waals surface area contributed by atoms with Crippen molar-refractivity contribution in [1.82, 2.24) is 4.98 Å². The van der Waals surface area contributed by atoms with Gasteiger partial charge in [0.2, 0.25) is 0 Å². The van der Waals surface area contributed by atoms with E-state index in [0.717, 1.165) is 11.1 Å². The van der Waals surface area contributed by atoms with E-state index in [4.69, 9.17) is 14.2 Å². The number of nitrogens with one attached hydrogen (secondary N) is 1. The number of rotatable bonds is 6. The second kappa shape index (κ2) is 8.98. The van der Waals surface area contributed by atoms with Crippen LogP contribution < -0.4 is 19.5 Å². The molecule has 0 radical (unpaired) electrons. The first-order valence-electron chi connectivity index (χ1n) is 10.6.